The minimum atomic E-state index is -3.04. The number of aliphatic carboxylic acids is 1. The van der Waals surface area contributed by atoms with Crippen molar-refractivity contribution < 1.29 is 27.6 Å². The van der Waals surface area contributed by atoms with Crippen LogP contribution in [0.3, 0.4) is 0 Å². The monoisotopic (exact) mass is 518 g/mol. The second kappa shape index (κ2) is 8.82. The molecule has 2 atom stereocenters. The number of thiazole rings is 1. The maximum absolute atomic E-state index is 14.5. The number of aromatic nitrogens is 3. The van der Waals surface area contributed by atoms with Gasteiger partial charge in [-0.1, -0.05) is 17.3 Å². The second-order valence-corrected chi connectivity index (χ2v) is 9.72. The molecule has 0 amide bonds. The Balaban J connectivity index is 1.61. The summed E-state index contributed by atoms with van der Waals surface area (Å²) in [6.07, 6.45) is 1.03. The van der Waals surface area contributed by atoms with Crippen LogP contribution in [-0.4, -0.2) is 55.9 Å². The van der Waals surface area contributed by atoms with Gasteiger partial charge in [0.25, 0.3) is 5.92 Å². The van der Waals surface area contributed by atoms with E-state index >= 15 is 0 Å². The van der Waals surface area contributed by atoms with Crippen LogP contribution >= 0.6 is 11.3 Å². The molecule has 0 aliphatic carbocycles. The van der Waals surface area contributed by atoms with Gasteiger partial charge in [0.1, 0.15) is 11.4 Å². The SMILES string of the molecule is Cc1noc([C@@H]2CC(F)(F)CN2CC2=C(C(=O)O)[C@](C)(c3ccc(F)cc3)N=C(c3nccs3)N2)n1. The Morgan fingerprint density at radius 2 is 2.08 bits per heavy atom. The van der Waals surface area contributed by atoms with Gasteiger partial charge in [-0.05, 0) is 31.5 Å². The minimum absolute atomic E-state index is 0.0352. The molecule has 0 bridgehead atoms. The van der Waals surface area contributed by atoms with E-state index in [9.17, 15) is 23.1 Å². The predicted octanol–water partition coefficient (Wildman–Crippen LogP) is 3.66. The van der Waals surface area contributed by atoms with Crippen molar-refractivity contribution in [3.05, 3.63) is 75.2 Å². The first kappa shape index (κ1) is 24.1. The van der Waals surface area contributed by atoms with Crippen LogP contribution in [0.15, 0.2) is 56.6 Å². The van der Waals surface area contributed by atoms with Crippen molar-refractivity contribution in [2.75, 3.05) is 13.1 Å². The normalized spacial score (nSPS) is 24.0. The van der Waals surface area contributed by atoms with E-state index < -0.39 is 42.3 Å². The molecule has 0 saturated carbocycles. The van der Waals surface area contributed by atoms with Crippen LogP contribution < -0.4 is 5.32 Å². The number of rotatable bonds is 6. The Labute approximate surface area is 207 Å². The molecule has 188 valence electrons. The van der Waals surface area contributed by atoms with Crippen molar-refractivity contribution in [1.29, 1.82) is 0 Å². The van der Waals surface area contributed by atoms with Gasteiger partial charge in [-0.15, -0.1) is 11.3 Å². The van der Waals surface area contributed by atoms with E-state index in [1.165, 1.54) is 40.5 Å². The van der Waals surface area contributed by atoms with Crippen molar-refractivity contribution in [3.8, 4) is 0 Å². The Morgan fingerprint density at radius 1 is 1.33 bits per heavy atom. The van der Waals surface area contributed by atoms with Crippen LogP contribution in [0.2, 0.25) is 0 Å². The summed E-state index contributed by atoms with van der Waals surface area (Å²) < 4.78 is 48.0. The van der Waals surface area contributed by atoms with Crippen LogP contribution in [-0.2, 0) is 10.3 Å². The molecule has 1 aromatic carbocycles. The molecule has 2 aromatic heterocycles. The number of nitrogens with zero attached hydrogens (tertiary/aromatic N) is 5. The fourth-order valence-electron chi connectivity index (χ4n) is 4.63. The number of aliphatic imine (C=N–C) groups is 1. The number of halogens is 3. The van der Waals surface area contributed by atoms with Gasteiger partial charge in [0, 0.05) is 30.2 Å². The van der Waals surface area contributed by atoms with Crippen molar-refractivity contribution in [3.63, 3.8) is 0 Å². The standard InChI is InChI=1S/C23H21F3N6O3S/c1-12-28-19(35-31-12)16-9-23(25,26)11-32(16)10-15-17(21(33)34)22(2,13-3-5-14(24)6-4-13)30-18(29-15)20-27-7-8-36-20/h3-8,16H,9-11H2,1-2H3,(H,29,30)(H,33,34)/t16-,22-/m0/s1. The van der Waals surface area contributed by atoms with E-state index in [-0.39, 0.29) is 29.5 Å². The van der Waals surface area contributed by atoms with Crippen LogP contribution in [0.1, 0.15) is 41.7 Å². The average Bonchev–Trinajstić information content (AvgIpc) is 3.54. The number of aryl methyl sites for hydroxylation is 1. The van der Waals surface area contributed by atoms with Gasteiger partial charge in [-0.25, -0.2) is 27.9 Å². The summed E-state index contributed by atoms with van der Waals surface area (Å²) in [5.74, 6) is -4.19. The van der Waals surface area contributed by atoms with Crippen molar-refractivity contribution >= 4 is 23.1 Å². The molecule has 1 saturated heterocycles. The zero-order chi connectivity index (χ0) is 25.7. The summed E-state index contributed by atoms with van der Waals surface area (Å²) in [5, 5.41) is 19.2. The van der Waals surface area contributed by atoms with Crippen molar-refractivity contribution in [2.45, 2.75) is 37.8 Å². The number of amidine groups is 1. The van der Waals surface area contributed by atoms with Crippen LogP contribution in [0, 0.1) is 12.7 Å². The highest BCUT2D eigenvalue weighted by Gasteiger charge is 2.49. The number of carbonyl (C=O) groups is 1. The van der Waals surface area contributed by atoms with Gasteiger partial charge < -0.3 is 14.9 Å². The van der Waals surface area contributed by atoms with Gasteiger partial charge in [0.2, 0.25) is 5.89 Å². The van der Waals surface area contributed by atoms with E-state index in [0.29, 0.717) is 16.4 Å². The molecular formula is C23H21F3N6O3S. The number of carboxylic acid groups (broad SMARTS) is 1. The summed E-state index contributed by atoms with van der Waals surface area (Å²) in [7, 11) is 0. The average molecular weight is 519 g/mol. The molecule has 13 heteroatoms. The third-order valence-electron chi connectivity index (χ3n) is 6.21. The summed E-state index contributed by atoms with van der Waals surface area (Å²) in [5.41, 5.74) is -1.02. The molecule has 2 aliphatic rings. The van der Waals surface area contributed by atoms with Gasteiger partial charge >= 0.3 is 5.97 Å². The van der Waals surface area contributed by atoms with E-state index in [2.05, 4.69) is 25.4 Å². The third kappa shape index (κ3) is 4.39. The fourth-order valence-corrected chi connectivity index (χ4v) is 5.21. The maximum Gasteiger partial charge on any atom is 0.336 e. The van der Waals surface area contributed by atoms with Crippen molar-refractivity contribution in [2.24, 2.45) is 4.99 Å². The van der Waals surface area contributed by atoms with Crippen LogP contribution in [0.4, 0.5) is 13.2 Å². The first-order valence-electron chi connectivity index (χ1n) is 11.0. The first-order valence-corrected chi connectivity index (χ1v) is 11.9. The summed E-state index contributed by atoms with van der Waals surface area (Å²) in [6, 6.07) is 4.44. The molecule has 1 fully saturated rings. The number of carboxylic acids is 1. The summed E-state index contributed by atoms with van der Waals surface area (Å²) in [6.45, 7) is 2.36. The number of alkyl halides is 2. The molecule has 0 radical (unpaired) electrons. The van der Waals surface area contributed by atoms with Gasteiger partial charge in [-0.3, -0.25) is 4.90 Å². The Bertz CT molecular complexity index is 1360. The molecule has 4 heterocycles. The second-order valence-electron chi connectivity index (χ2n) is 8.82. The quantitative estimate of drug-likeness (QED) is 0.508. The Morgan fingerprint density at radius 3 is 2.69 bits per heavy atom. The van der Waals surface area contributed by atoms with Crippen LogP contribution in [0.25, 0.3) is 0 Å². The molecule has 0 unspecified atom stereocenters. The van der Waals surface area contributed by atoms with E-state index in [1.54, 1.807) is 25.4 Å². The smallest absolute Gasteiger partial charge is 0.336 e. The molecule has 2 aliphatic heterocycles. The summed E-state index contributed by atoms with van der Waals surface area (Å²) in [4.78, 5) is 27.1. The number of nitrogens with one attached hydrogen (secondary N) is 1. The maximum atomic E-state index is 14.5. The zero-order valence-electron chi connectivity index (χ0n) is 19.2. The number of benzene rings is 1. The van der Waals surface area contributed by atoms with Crippen LogP contribution in [0.5, 0.6) is 0 Å². The molecular weight excluding hydrogens is 497 g/mol. The number of likely N-dealkylation sites (tertiary alicyclic amines) is 1. The lowest BCUT2D eigenvalue weighted by Gasteiger charge is -2.35. The van der Waals surface area contributed by atoms with E-state index in [4.69, 9.17) is 4.52 Å². The third-order valence-corrected chi connectivity index (χ3v) is 6.98. The van der Waals surface area contributed by atoms with Gasteiger partial charge in [-0.2, -0.15) is 4.98 Å². The zero-order valence-corrected chi connectivity index (χ0v) is 20.0. The first-order chi connectivity index (χ1) is 17.1. The highest BCUT2D eigenvalue weighted by Crippen LogP contribution is 2.43. The van der Waals surface area contributed by atoms with Crippen molar-refractivity contribution in [1.82, 2.24) is 25.3 Å². The highest BCUT2D eigenvalue weighted by atomic mass is 32.1. The predicted molar refractivity (Wildman–Crippen MR) is 123 cm³/mol. The fraction of sp³-hybridized carbons (Fsp3) is 0.348. The minimum Gasteiger partial charge on any atom is -0.478 e. The van der Waals surface area contributed by atoms with E-state index in [1.807, 2.05) is 0 Å². The molecule has 9 nitrogen and oxygen atoms in total. The summed E-state index contributed by atoms with van der Waals surface area (Å²) >= 11 is 1.28. The Hall–Kier alpha value is -3.58. The van der Waals surface area contributed by atoms with Gasteiger partial charge in [0.05, 0.1) is 18.2 Å². The van der Waals surface area contributed by atoms with E-state index in [0.717, 1.165) is 0 Å². The Kier molecular flexibility index (Phi) is 5.91. The molecule has 2 N–H and O–H groups in total. The van der Waals surface area contributed by atoms with Gasteiger partial charge in [0.15, 0.2) is 16.7 Å². The lowest BCUT2D eigenvalue weighted by molar-refractivity contribution is -0.133. The molecule has 36 heavy (non-hydrogen) atoms. The highest BCUT2D eigenvalue weighted by molar-refractivity contribution is 7.11. The topological polar surface area (TPSA) is 117 Å². The molecule has 0 spiro atoms. The lowest BCUT2D eigenvalue weighted by atomic mass is 9.82. The lowest BCUT2D eigenvalue weighted by Crippen LogP contribution is -2.44. The largest absolute Gasteiger partial charge is 0.478 e. The number of hydrogen-bond acceptors (Lipinski definition) is 9. The molecule has 5 rings (SSSR count). The molecule has 3 aromatic rings. The number of hydrogen-bond donors (Lipinski definition) is 2.